The molecular weight excluding hydrogens is 1250 g/mol. The number of ether oxygens (including phenoxy) is 4. The lowest BCUT2D eigenvalue weighted by molar-refractivity contribution is -0.161. The van der Waals surface area contributed by atoms with Crippen molar-refractivity contribution in [3.63, 3.8) is 0 Å². The van der Waals surface area contributed by atoms with Gasteiger partial charge in [-0.05, 0) is 43.4 Å². The zero-order chi connectivity index (χ0) is 70.1. The summed E-state index contributed by atoms with van der Waals surface area (Å²) in [6.45, 7) is 11.8. The molecular formula is C76H148O17P2. The smallest absolute Gasteiger partial charge is 0.462 e. The van der Waals surface area contributed by atoms with E-state index in [2.05, 4.69) is 48.5 Å². The van der Waals surface area contributed by atoms with Gasteiger partial charge in [0.1, 0.15) is 19.3 Å². The van der Waals surface area contributed by atoms with Crippen LogP contribution in [0.15, 0.2) is 0 Å². The minimum absolute atomic E-state index is 0.103. The third-order valence-corrected chi connectivity index (χ3v) is 19.5. The molecule has 0 aliphatic rings. The Morgan fingerprint density at radius 1 is 0.284 bits per heavy atom. The molecule has 0 spiro atoms. The molecule has 0 saturated carbocycles. The molecule has 0 fully saturated rings. The summed E-state index contributed by atoms with van der Waals surface area (Å²) in [7, 11) is -9.91. The first-order valence-electron chi connectivity index (χ1n) is 39.3. The fourth-order valence-electron chi connectivity index (χ4n) is 11.6. The van der Waals surface area contributed by atoms with Crippen molar-refractivity contribution in [2.24, 2.45) is 17.8 Å². The molecule has 564 valence electrons. The van der Waals surface area contributed by atoms with Gasteiger partial charge in [0.15, 0.2) is 12.2 Å². The molecule has 2 unspecified atom stereocenters. The van der Waals surface area contributed by atoms with Crippen LogP contribution in [0.4, 0.5) is 0 Å². The van der Waals surface area contributed by atoms with Crippen LogP contribution in [0.1, 0.15) is 389 Å². The van der Waals surface area contributed by atoms with Gasteiger partial charge in [-0.2, -0.15) is 0 Å². The summed E-state index contributed by atoms with van der Waals surface area (Å²) in [6.07, 6.45) is 53.0. The van der Waals surface area contributed by atoms with Gasteiger partial charge in [0.2, 0.25) is 0 Å². The molecule has 0 aliphatic heterocycles. The van der Waals surface area contributed by atoms with Gasteiger partial charge in [0.05, 0.1) is 26.4 Å². The first-order valence-corrected chi connectivity index (χ1v) is 42.3. The van der Waals surface area contributed by atoms with E-state index in [1.807, 2.05) is 0 Å². The number of phosphoric ester groups is 2. The van der Waals surface area contributed by atoms with E-state index in [1.165, 1.54) is 193 Å². The van der Waals surface area contributed by atoms with E-state index in [9.17, 15) is 43.2 Å². The topological polar surface area (TPSA) is 237 Å². The van der Waals surface area contributed by atoms with Gasteiger partial charge >= 0.3 is 39.5 Å². The van der Waals surface area contributed by atoms with Crippen molar-refractivity contribution in [2.45, 2.75) is 407 Å². The lowest BCUT2D eigenvalue weighted by atomic mass is 10.0. The molecule has 0 saturated heterocycles. The lowest BCUT2D eigenvalue weighted by Crippen LogP contribution is -2.30. The Labute approximate surface area is 581 Å². The predicted octanol–water partition coefficient (Wildman–Crippen LogP) is 22.2. The largest absolute Gasteiger partial charge is 0.472 e. The van der Waals surface area contributed by atoms with E-state index in [0.717, 1.165) is 102 Å². The maximum Gasteiger partial charge on any atom is 0.472 e. The number of esters is 4. The predicted molar refractivity (Wildman–Crippen MR) is 386 cm³/mol. The fraction of sp³-hybridized carbons (Fsp3) is 0.947. The molecule has 0 bridgehead atoms. The number of unbranched alkanes of at least 4 members (excludes halogenated alkanes) is 42. The highest BCUT2D eigenvalue weighted by molar-refractivity contribution is 7.47. The van der Waals surface area contributed by atoms with E-state index < -0.39 is 97.5 Å². The Hall–Kier alpha value is -1.94. The van der Waals surface area contributed by atoms with Crippen molar-refractivity contribution in [3.05, 3.63) is 0 Å². The number of carbonyl (C=O) groups excluding carboxylic acids is 4. The summed E-state index contributed by atoms with van der Waals surface area (Å²) in [5, 5.41) is 10.6. The molecule has 0 rings (SSSR count). The molecule has 0 aliphatic carbocycles. The number of carbonyl (C=O) groups is 4. The normalized spacial score (nSPS) is 14.1. The van der Waals surface area contributed by atoms with Gasteiger partial charge in [-0.25, -0.2) is 9.13 Å². The van der Waals surface area contributed by atoms with Crippen LogP contribution >= 0.6 is 15.6 Å². The molecule has 0 aromatic carbocycles. The molecule has 3 N–H and O–H groups in total. The first kappa shape index (κ1) is 93.1. The Kier molecular flexibility index (Phi) is 65.2. The SMILES string of the molecule is CCCCCCCCCCCCCCCCC(=O)OC[C@H](COP(=O)(O)OC[C@@H](O)COP(=O)(O)OC[C@@H](COC(=O)CCCCCCCCCC(C)C)OC(=O)CCCCCCCCCC(C)C)OC(=O)CCCCCCCCCCCCCCCCCCCCC(C)C. The van der Waals surface area contributed by atoms with Crippen LogP contribution in [0.2, 0.25) is 0 Å². The number of aliphatic hydroxyl groups excluding tert-OH is 1. The minimum atomic E-state index is -4.96. The quantitative estimate of drug-likeness (QED) is 0.0222. The fourth-order valence-corrected chi connectivity index (χ4v) is 13.2. The van der Waals surface area contributed by atoms with Crippen molar-refractivity contribution in [3.8, 4) is 0 Å². The van der Waals surface area contributed by atoms with Crippen LogP contribution in [0, 0.1) is 17.8 Å². The standard InChI is InChI=1S/C76H148O17P2/c1-8-9-10-11-12-13-14-15-23-26-29-36-43-50-57-73(78)86-63-71(92-75(80)59-52-45-37-30-27-24-21-19-17-16-18-20-22-25-28-33-40-47-54-67(2)3)65-90-94(82,83)88-61-70(77)62-89-95(84,85)91-66-72(93-76(81)60-53-46-39-32-35-42-49-56-69(6)7)64-87-74(79)58-51-44-38-31-34-41-48-55-68(4)5/h67-72,77H,8-66H2,1-7H3,(H,82,83)(H,84,85)/t70-,71-,72-/m1/s1. The zero-order valence-electron chi connectivity index (χ0n) is 62.1. The van der Waals surface area contributed by atoms with Gasteiger partial charge in [0, 0.05) is 25.7 Å². The number of rotatable bonds is 74. The molecule has 0 aromatic rings. The second kappa shape index (κ2) is 66.6. The maximum atomic E-state index is 13.1. The van der Waals surface area contributed by atoms with E-state index in [0.29, 0.717) is 37.5 Å². The highest BCUT2D eigenvalue weighted by Crippen LogP contribution is 2.45. The third-order valence-electron chi connectivity index (χ3n) is 17.6. The third kappa shape index (κ3) is 70.3. The number of phosphoric acid groups is 2. The van der Waals surface area contributed by atoms with Gasteiger partial charge in [-0.3, -0.25) is 37.3 Å². The molecule has 19 heteroatoms. The summed E-state index contributed by atoms with van der Waals surface area (Å²) >= 11 is 0. The number of hydrogen-bond donors (Lipinski definition) is 3. The van der Waals surface area contributed by atoms with Crippen molar-refractivity contribution in [1.29, 1.82) is 0 Å². The minimum Gasteiger partial charge on any atom is -0.462 e. The summed E-state index contributed by atoms with van der Waals surface area (Å²) in [5.41, 5.74) is 0. The average molecular weight is 1400 g/mol. The first-order chi connectivity index (χ1) is 45.7. The molecule has 0 aromatic heterocycles. The summed E-state index contributed by atoms with van der Waals surface area (Å²) in [6, 6.07) is 0. The van der Waals surface area contributed by atoms with Crippen LogP contribution in [-0.2, 0) is 65.4 Å². The van der Waals surface area contributed by atoms with Crippen LogP contribution < -0.4 is 0 Å². The van der Waals surface area contributed by atoms with Crippen molar-refractivity contribution in [1.82, 2.24) is 0 Å². The highest BCUT2D eigenvalue weighted by Gasteiger charge is 2.30. The summed E-state index contributed by atoms with van der Waals surface area (Å²) in [4.78, 5) is 72.7. The maximum absolute atomic E-state index is 13.1. The van der Waals surface area contributed by atoms with Gasteiger partial charge in [-0.1, -0.05) is 337 Å². The molecule has 5 atom stereocenters. The summed E-state index contributed by atoms with van der Waals surface area (Å²) < 4.78 is 68.4. The zero-order valence-corrected chi connectivity index (χ0v) is 63.9. The van der Waals surface area contributed by atoms with E-state index in [1.54, 1.807) is 0 Å². The molecule has 0 heterocycles. The Balaban J connectivity index is 5.19. The van der Waals surface area contributed by atoms with E-state index >= 15 is 0 Å². The summed E-state index contributed by atoms with van der Waals surface area (Å²) in [5.74, 6) is 0.0999. The second-order valence-electron chi connectivity index (χ2n) is 28.8. The highest BCUT2D eigenvalue weighted by atomic mass is 31.2. The van der Waals surface area contributed by atoms with Crippen molar-refractivity contribution in [2.75, 3.05) is 39.6 Å². The molecule has 95 heavy (non-hydrogen) atoms. The van der Waals surface area contributed by atoms with E-state index in [-0.39, 0.29) is 25.7 Å². The Morgan fingerprint density at radius 2 is 0.484 bits per heavy atom. The Bertz CT molecular complexity index is 1850. The van der Waals surface area contributed by atoms with Crippen LogP contribution in [0.3, 0.4) is 0 Å². The van der Waals surface area contributed by atoms with Crippen LogP contribution in [-0.4, -0.2) is 96.7 Å². The number of hydrogen-bond acceptors (Lipinski definition) is 15. The average Bonchev–Trinajstić information content (AvgIpc) is 2.30. The van der Waals surface area contributed by atoms with Gasteiger partial charge in [-0.15, -0.1) is 0 Å². The molecule has 0 radical (unpaired) electrons. The molecule has 0 amide bonds. The second-order valence-corrected chi connectivity index (χ2v) is 31.7. The lowest BCUT2D eigenvalue weighted by Gasteiger charge is -2.21. The van der Waals surface area contributed by atoms with Crippen molar-refractivity contribution < 1.29 is 80.2 Å². The monoisotopic (exact) mass is 1400 g/mol. The van der Waals surface area contributed by atoms with Crippen molar-refractivity contribution >= 4 is 39.5 Å². The van der Waals surface area contributed by atoms with Crippen LogP contribution in [0.5, 0.6) is 0 Å². The van der Waals surface area contributed by atoms with Crippen LogP contribution in [0.25, 0.3) is 0 Å². The number of aliphatic hydroxyl groups is 1. The van der Waals surface area contributed by atoms with E-state index in [4.69, 9.17) is 37.0 Å². The molecule has 17 nitrogen and oxygen atoms in total. The Morgan fingerprint density at radius 3 is 0.716 bits per heavy atom. The van der Waals surface area contributed by atoms with Gasteiger partial charge < -0.3 is 33.8 Å². The van der Waals surface area contributed by atoms with Gasteiger partial charge in [0.25, 0.3) is 0 Å².